The van der Waals surface area contributed by atoms with Gasteiger partial charge >= 0.3 is 0 Å². The third-order valence-corrected chi connectivity index (χ3v) is 8.70. The van der Waals surface area contributed by atoms with Gasteiger partial charge in [0, 0.05) is 31.3 Å². The minimum Gasteiger partial charge on any atom is -0.373 e. The van der Waals surface area contributed by atoms with E-state index in [2.05, 4.69) is 47.1 Å². The lowest BCUT2D eigenvalue weighted by molar-refractivity contribution is -0.225. The lowest BCUT2D eigenvalue weighted by Crippen LogP contribution is -2.75. The summed E-state index contributed by atoms with van der Waals surface area (Å²) in [6.45, 7) is 5.49. The van der Waals surface area contributed by atoms with E-state index in [-0.39, 0.29) is 29.2 Å². The molecule has 0 radical (unpaired) electrons. The third-order valence-electron chi connectivity index (χ3n) is 8.70. The van der Waals surface area contributed by atoms with Gasteiger partial charge in [-0.1, -0.05) is 29.8 Å². The van der Waals surface area contributed by atoms with Gasteiger partial charge in [-0.3, -0.25) is 9.69 Å². The summed E-state index contributed by atoms with van der Waals surface area (Å²) in [5.41, 5.74) is 3.53. The predicted molar refractivity (Wildman–Crippen MR) is 104 cm³/mol. The molecule has 3 saturated heterocycles. The zero-order chi connectivity index (χ0) is 18.7. The van der Waals surface area contributed by atoms with E-state index in [1.54, 1.807) is 0 Å². The van der Waals surface area contributed by atoms with Crippen molar-refractivity contribution in [2.45, 2.75) is 49.5 Å². The molecule has 1 aromatic rings. The number of rotatable bonds is 2. The van der Waals surface area contributed by atoms with Crippen LogP contribution < -0.4 is 4.90 Å². The van der Waals surface area contributed by atoms with E-state index in [0.717, 1.165) is 31.6 Å². The van der Waals surface area contributed by atoms with Crippen LogP contribution in [0.4, 0.5) is 5.69 Å². The largest absolute Gasteiger partial charge is 0.373 e. The van der Waals surface area contributed by atoms with Crippen LogP contribution >= 0.6 is 0 Å². The molecule has 5 nitrogen and oxygen atoms in total. The van der Waals surface area contributed by atoms with Crippen LogP contribution in [0, 0.1) is 11.8 Å². The Kier molecular flexibility index (Phi) is 2.92. The summed E-state index contributed by atoms with van der Waals surface area (Å²) >= 11 is 0. The Bertz CT molecular complexity index is 928. The molecule has 1 aliphatic carbocycles. The fourth-order valence-corrected chi connectivity index (χ4v) is 8.01. The molecule has 6 atom stereocenters. The van der Waals surface area contributed by atoms with Crippen LogP contribution in [-0.4, -0.2) is 55.0 Å². The summed E-state index contributed by atoms with van der Waals surface area (Å²) < 4.78 is 13.1. The van der Waals surface area contributed by atoms with E-state index in [4.69, 9.17) is 9.47 Å². The first kappa shape index (κ1) is 16.1. The minimum atomic E-state index is -0.303. The minimum absolute atomic E-state index is 0.0328. The molecule has 0 unspecified atom stereocenters. The number of piperidine rings is 2. The quantitative estimate of drug-likeness (QED) is 0.742. The van der Waals surface area contributed by atoms with Crippen molar-refractivity contribution >= 4 is 11.6 Å². The number of hydrogen-bond donors (Lipinski definition) is 0. The van der Waals surface area contributed by atoms with E-state index >= 15 is 0 Å². The van der Waals surface area contributed by atoms with Gasteiger partial charge in [-0.15, -0.1) is 0 Å². The summed E-state index contributed by atoms with van der Waals surface area (Å²) in [5.74, 6) is 1.05. The molecule has 6 aliphatic rings. The first-order chi connectivity index (χ1) is 13.7. The SMILES string of the molecule is CCO[C@]12C[C@H]3C4=CCO[C@H]5CC(=O)N6c7ccccc7[C@]1(CCN2C4)[C@@H]6[C@@H]53. The molecule has 0 aromatic heterocycles. The van der Waals surface area contributed by atoms with Gasteiger partial charge in [-0.05, 0) is 37.3 Å². The molecule has 7 rings (SSSR count). The molecule has 5 heteroatoms. The maximum atomic E-state index is 13.4. The number of carbonyl (C=O) groups is 1. The fraction of sp³-hybridized carbons (Fsp3) is 0.609. The normalized spacial score (nSPS) is 45.0. The van der Waals surface area contributed by atoms with E-state index in [1.165, 1.54) is 11.1 Å². The van der Waals surface area contributed by atoms with Crippen molar-refractivity contribution in [3.8, 4) is 0 Å². The summed E-state index contributed by atoms with van der Waals surface area (Å²) in [5, 5.41) is 0. The highest BCUT2D eigenvalue weighted by Gasteiger charge is 2.77. The van der Waals surface area contributed by atoms with Gasteiger partial charge < -0.3 is 14.4 Å². The van der Waals surface area contributed by atoms with Crippen LogP contribution in [0.2, 0.25) is 0 Å². The molecule has 1 amide bonds. The summed E-state index contributed by atoms with van der Waals surface area (Å²) in [7, 11) is 0. The van der Waals surface area contributed by atoms with Gasteiger partial charge in [0.25, 0.3) is 0 Å². The average molecular weight is 378 g/mol. The van der Waals surface area contributed by atoms with Gasteiger partial charge in [0.05, 0.1) is 30.6 Å². The molecule has 4 fully saturated rings. The van der Waals surface area contributed by atoms with E-state index in [1.807, 2.05) is 0 Å². The first-order valence-corrected chi connectivity index (χ1v) is 10.8. The van der Waals surface area contributed by atoms with Gasteiger partial charge in [-0.25, -0.2) is 0 Å². The second kappa shape index (κ2) is 5.07. The van der Waals surface area contributed by atoms with Crippen LogP contribution in [0.5, 0.6) is 0 Å². The smallest absolute Gasteiger partial charge is 0.229 e. The van der Waals surface area contributed by atoms with Crippen molar-refractivity contribution in [2.24, 2.45) is 11.8 Å². The Hall–Kier alpha value is -1.69. The van der Waals surface area contributed by atoms with Crippen molar-refractivity contribution < 1.29 is 14.3 Å². The topological polar surface area (TPSA) is 42.0 Å². The molecule has 5 heterocycles. The zero-order valence-electron chi connectivity index (χ0n) is 16.3. The van der Waals surface area contributed by atoms with Crippen molar-refractivity contribution in [1.82, 2.24) is 4.90 Å². The molecule has 0 N–H and O–H groups in total. The Labute approximate surface area is 165 Å². The second-order valence-electron chi connectivity index (χ2n) is 9.33. The van der Waals surface area contributed by atoms with Crippen molar-refractivity contribution in [1.29, 1.82) is 0 Å². The Balaban J connectivity index is 1.57. The van der Waals surface area contributed by atoms with E-state index in [0.29, 0.717) is 31.5 Å². The van der Waals surface area contributed by atoms with Crippen LogP contribution in [0.15, 0.2) is 35.9 Å². The number of hydrogen-bond acceptors (Lipinski definition) is 4. The highest BCUT2D eigenvalue weighted by molar-refractivity contribution is 5.99. The summed E-state index contributed by atoms with van der Waals surface area (Å²) in [4.78, 5) is 18.2. The fourth-order valence-electron chi connectivity index (χ4n) is 8.01. The van der Waals surface area contributed by atoms with Gasteiger partial charge in [0.15, 0.2) is 0 Å². The summed E-state index contributed by atoms with van der Waals surface area (Å²) in [6, 6.07) is 8.78. The highest BCUT2D eigenvalue weighted by Crippen LogP contribution is 2.70. The van der Waals surface area contributed by atoms with Crippen LogP contribution in [0.25, 0.3) is 0 Å². The lowest BCUT2D eigenvalue weighted by Gasteiger charge is -2.63. The van der Waals surface area contributed by atoms with Crippen molar-refractivity contribution in [2.75, 3.05) is 31.2 Å². The molecule has 1 saturated carbocycles. The van der Waals surface area contributed by atoms with Gasteiger partial charge in [0.2, 0.25) is 5.91 Å². The Morgan fingerprint density at radius 2 is 2.21 bits per heavy atom. The molecular formula is C23H26N2O3. The zero-order valence-corrected chi connectivity index (χ0v) is 16.3. The monoisotopic (exact) mass is 378 g/mol. The van der Waals surface area contributed by atoms with Crippen molar-refractivity contribution in [3.05, 3.63) is 41.5 Å². The first-order valence-electron chi connectivity index (χ1n) is 10.8. The maximum Gasteiger partial charge on any atom is 0.229 e. The standard InChI is InChI=1S/C23H26N2O3/c1-2-28-23-12-15-14-7-10-27-18-11-19(26)25-17-6-4-3-5-16(17)22(23,21(25)20(15)18)8-9-24(23)13-14/h3-7,15,18,20-21H,2,8-13H2,1H3/t15-,18-,20+,21-,22+,23+/m0/s1. The lowest BCUT2D eigenvalue weighted by atomic mass is 9.51. The van der Waals surface area contributed by atoms with E-state index < -0.39 is 0 Å². The van der Waals surface area contributed by atoms with Crippen LogP contribution in [-0.2, 0) is 19.7 Å². The molecule has 146 valence electrons. The van der Waals surface area contributed by atoms with Crippen LogP contribution in [0.3, 0.4) is 0 Å². The number of amides is 1. The molecule has 2 bridgehead atoms. The number of carbonyl (C=O) groups excluding carboxylic acids is 1. The highest BCUT2D eigenvalue weighted by atomic mass is 16.5. The molecule has 28 heavy (non-hydrogen) atoms. The number of benzene rings is 1. The number of para-hydroxylation sites is 1. The molecule has 5 aliphatic heterocycles. The molecular weight excluding hydrogens is 352 g/mol. The van der Waals surface area contributed by atoms with Crippen molar-refractivity contribution in [3.63, 3.8) is 0 Å². The molecule has 1 spiro atoms. The Morgan fingerprint density at radius 1 is 1.32 bits per heavy atom. The maximum absolute atomic E-state index is 13.4. The second-order valence-corrected chi connectivity index (χ2v) is 9.33. The van der Waals surface area contributed by atoms with Crippen LogP contribution in [0.1, 0.15) is 31.7 Å². The average Bonchev–Trinajstić information content (AvgIpc) is 3.13. The Morgan fingerprint density at radius 3 is 3.11 bits per heavy atom. The third kappa shape index (κ3) is 1.52. The van der Waals surface area contributed by atoms with Gasteiger partial charge in [0.1, 0.15) is 5.72 Å². The van der Waals surface area contributed by atoms with E-state index in [9.17, 15) is 4.79 Å². The number of ether oxygens (including phenoxy) is 2. The number of anilines is 1. The molecule has 1 aromatic carbocycles. The predicted octanol–water partition coefficient (Wildman–Crippen LogP) is 2.46. The number of fused-ring (bicyclic) bond motifs is 2. The summed E-state index contributed by atoms with van der Waals surface area (Å²) in [6.07, 6.45) is 4.94. The number of nitrogens with zero attached hydrogens (tertiary/aromatic N) is 2. The van der Waals surface area contributed by atoms with Gasteiger partial charge in [-0.2, -0.15) is 0 Å².